The topological polar surface area (TPSA) is 107 Å². The van der Waals surface area contributed by atoms with Gasteiger partial charge in [-0.1, -0.05) is 12.1 Å². The van der Waals surface area contributed by atoms with Gasteiger partial charge in [-0.05, 0) is 66.2 Å². The standard InChI is InChI=1S/C22H31N3O7/c1-14-22(17(26)24(8)23-14,15-10-12-16(29-9)13-11-15)25(18(27)30-20(2,3)4)32-19(28)31-21(5,6)7/h10-13H,1-9H3. The lowest BCUT2D eigenvalue weighted by Gasteiger charge is -2.38. The summed E-state index contributed by atoms with van der Waals surface area (Å²) in [7, 11) is 2.95. The van der Waals surface area contributed by atoms with Crippen LogP contribution in [0.4, 0.5) is 9.59 Å². The SMILES string of the molecule is COc1ccc(C2(N(OC(=O)OC(C)(C)C)C(=O)OC(C)(C)C)C(=O)N(C)N=C2C)cc1. The number of hydrogen-bond acceptors (Lipinski definition) is 8. The average Bonchev–Trinajstić information content (AvgIpc) is 2.86. The first kappa shape index (κ1) is 25.0. The second kappa shape index (κ2) is 8.68. The lowest BCUT2D eigenvalue weighted by Crippen LogP contribution is -2.59. The summed E-state index contributed by atoms with van der Waals surface area (Å²) < 4.78 is 15.9. The molecular formula is C22H31N3O7. The minimum atomic E-state index is -1.90. The van der Waals surface area contributed by atoms with Crippen LogP contribution < -0.4 is 4.74 Å². The number of likely N-dealkylation sites (N-methyl/N-ethyl adjacent to an activating group) is 1. The molecule has 0 fully saturated rings. The van der Waals surface area contributed by atoms with Crippen LogP contribution in [0.2, 0.25) is 0 Å². The van der Waals surface area contributed by atoms with Gasteiger partial charge in [-0.2, -0.15) is 5.10 Å². The highest BCUT2D eigenvalue weighted by Gasteiger charge is 2.59. The van der Waals surface area contributed by atoms with Crippen LogP contribution in [0, 0.1) is 0 Å². The second-order valence-corrected chi connectivity index (χ2v) is 9.28. The zero-order chi connectivity index (χ0) is 24.5. The molecule has 10 nitrogen and oxygen atoms in total. The number of ether oxygens (including phenoxy) is 3. The van der Waals surface area contributed by atoms with Crippen molar-refractivity contribution in [2.45, 2.75) is 65.2 Å². The number of rotatable bonds is 3. The van der Waals surface area contributed by atoms with Gasteiger partial charge in [0, 0.05) is 7.05 Å². The number of amides is 2. The first-order valence-corrected chi connectivity index (χ1v) is 10.0. The fourth-order valence-electron chi connectivity index (χ4n) is 3.14. The minimum Gasteiger partial charge on any atom is -0.497 e. The predicted molar refractivity (Wildman–Crippen MR) is 116 cm³/mol. The van der Waals surface area contributed by atoms with E-state index < -0.39 is 34.9 Å². The lowest BCUT2D eigenvalue weighted by atomic mass is 9.85. The maximum atomic E-state index is 13.5. The van der Waals surface area contributed by atoms with Gasteiger partial charge in [0.05, 0.1) is 12.8 Å². The summed E-state index contributed by atoms with van der Waals surface area (Å²) >= 11 is 0. The van der Waals surface area contributed by atoms with Gasteiger partial charge in [0.15, 0.2) is 0 Å². The van der Waals surface area contributed by atoms with E-state index in [4.69, 9.17) is 19.0 Å². The van der Waals surface area contributed by atoms with Crippen LogP contribution in [0.5, 0.6) is 5.75 Å². The molecule has 32 heavy (non-hydrogen) atoms. The number of methoxy groups -OCH3 is 1. The summed E-state index contributed by atoms with van der Waals surface area (Å²) in [6.45, 7) is 11.5. The molecule has 1 atom stereocenters. The third-order valence-corrected chi connectivity index (χ3v) is 4.35. The number of benzene rings is 1. The Morgan fingerprint density at radius 3 is 1.94 bits per heavy atom. The van der Waals surface area contributed by atoms with E-state index in [1.807, 2.05) is 0 Å². The third kappa shape index (κ3) is 5.12. The Kier molecular flexibility index (Phi) is 6.77. The van der Waals surface area contributed by atoms with Gasteiger partial charge >= 0.3 is 12.2 Å². The lowest BCUT2D eigenvalue weighted by molar-refractivity contribution is -0.181. The molecule has 10 heteroatoms. The predicted octanol–water partition coefficient (Wildman–Crippen LogP) is 3.84. The average molecular weight is 450 g/mol. The van der Waals surface area contributed by atoms with Gasteiger partial charge in [-0.15, -0.1) is 5.06 Å². The monoisotopic (exact) mass is 449 g/mol. The van der Waals surface area contributed by atoms with Crippen LogP contribution in [0.3, 0.4) is 0 Å². The molecule has 0 saturated heterocycles. The van der Waals surface area contributed by atoms with Gasteiger partial charge in [0.25, 0.3) is 5.91 Å². The van der Waals surface area contributed by atoms with Crippen molar-refractivity contribution in [3.05, 3.63) is 29.8 Å². The van der Waals surface area contributed by atoms with Crippen molar-refractivity contribution in [2.24, 2.45) is 5.10 Å². The van der Waals surface area contributed by atoms with E-state index >= 15 is 0 Å². The molecule has 2 amide bonds. The number of nitrogens with zero attached hydrogens (tertiary/aromatic N) is 3. The van der Waals surface area contributed by atoms with Crippen molar-refractivity contribution >= 4 is 23.9 Å². The number of carbonyl (C=O) groups is 3. The van der Waals surface area contributed by atoms with Crippen LogP contribution in [0.15, 0.2) is 29.4 Å². The molecule has 2 rings (SSSR count). The molecule has 0 aliphatic carbocycles. The fraction of sp³-hybridized carbons (Fsp3) is 0.545. The smallest absolute Gasteiger partial charge is 0.497 e. The minimum absolute atomic E-state index is 0.199. The zero-order valence-electron chi connectivity index (χ0n) is 20.0. The Morgan fingerprint density at radius 1 is 1.00 bits per heavy atom. The number of carbonyl (C=O) groups excluding carboxylic acids is 3. The van der Waals surface area contributed by atoms with Gasteiger partial charge in [0.2, 0.25) is 5.54 Å². The third-order valence-electron chi connectivity index (χ3n) is 4.35. The second-order valence-electron chi connectivity index (χ2n) is 9.28. The van der Waals surface area contributed by atoms with Crippen LogP contribution in [-0.2, 0) is 24.6 Å². The van der Waals surface area contributed by atoms with E-state index in [2.05, 4.69) is 5.10 Å². The van der Waals surface area contributed by atoms with E-state index in [1.165, 1.54) is 14.2 Å². The molecule has 0 saturated carbocycles. The molecule has 1 aromatic carbocycles. The van der Waals surface area contributed by atoms with Crippen LogP contribution in [0.25, 0.3) is 0 Å². The molecule has 1 heterocycles. The molecule has 0 aromatic heterocycles. The molecule has 1 unspecified atom stereocenters. The Balaban J connectivity index is 2.68. The van der Waals surface area contributed by atoms with Crippen LogP contribution in [0.1, 0.15) is 54.0 Å². The van der Waals surface area contributed by atoms with Crippen LogP contribution >= 0.6 is 0 Å². The summed E-state index contributed by atoms with van der Waals surface area (Å²) in [5.41, 5.74) is -3.22. The first-order chi connectivity index (χ1) is 14.6. The fourth-order valence-corrected chi connectivity index (χ4v) is 3.14. The van der Waals surface area contributed by atoms with E-state index in [0.717, 1.165) is 5.01 Å². The number of hydroxylamine groups is 2. The quantitative estimate of drug-likeness (QED) is 0.510. The van der Waals surface area contributed by atoms with Gasteiger partial charge < -0.3 is 14.2 Å². The van der Waals surface area contributed by atoms with E-state index in [1.54, 1.807) is 72.7 Å². The summed E-state index contributed by atoms with van der Waals surface area (Å²) in [4.78, 5) is 44.7. The maximum Gasteiger partial charge on any atom is 0.534 e. The van der Waals surface area contributed by atoms with E-state index in [0.29, 0.717) is 16.4 Å². The Labute approximate surface area is 188 Å². The molecule has 1 aliphatic heterocycles. The van der Waals surface area contributed by atoms with Crippen molar-refractivity contribution in [3.8, 4) is 5.75 Å². The van der Waals surface area contributed by atoms with Crippen molar-refractivity contribution in [1.82, 2.24) is 10.1 Å². The molecule has 1 aromatic rings. The largest absolute Gasteiger partial charge is 0.534 e. The maximum absolute atomic E-state index is 13.5. The molecule has 0 radical (unpaired) electrons. The van der Waals surface area contributed by atoms with Gasteiger partial charge in [0.1, 0.15) is 17.0 Å². The normalized spacial score (nSPS) is 18.7. The molecule has 0 N–H and O–H groups in total. The molecule has 1 aliphatic rings. The Bertz CT molecular complexity index is 913. The summed E-state index contributed by atoms with van der Waals surface area (Å²) in [5.74, 6) is -0.0799. The van der Waals surface area contributed by atoms with Gasteiger partial charge in [-0.25, -0.2) is 14.6 Å². The summed E-state index contributed by atoms with van der Waals surface area (Å²) in [5, 5.41) is 5.89. The van der Waals surface area contributed by atoms with Crippen molar-refractivity contribution in [3.63, 3.8) is 0 Å². The highest BCUT2D eigenvalue weighted by atomic mass is 16.8. The highest BCUT2D eigenvalue weighted by molar-refractivity contribution is 6.17. The number of hydrogen-bond donors (Lipinski definition) is 0. The summed E-state index contributed by atoms with van der Waals surface area (Å²) in [6.07, 6.45) is -2.23. The molecule has 0 spiro atoms. The zero-order valence-corrected chi connectivity index (χ0v) is 20.0. The van der Waals surface area contributed by atoms with Crippen molar-refractivity contribution < 1.29 is 33.4 Å². The summed E-state index contributed by atoms with van der Waals surface area (Å²) in [6, 6.07) is 6.42. The number of hydrazone groups is 1. The Hall–Kier alpha value is -3.30. The highest BCUT2D eigenvalue weighted by Crippen LogP contribution is 2.39. The Morgan fingerprint density at radius 2 is 1.53 bits per heavy atom. The van der Waals surface area contributed by atoms with Crippen molar-refractivity contribution in [2.75, 3.05) is 14.2 Å². The van der Waals surface area contributed by atoms with E-state index in [-0.39, 0.29) is 5.71 Å². The molecule has 0 bridgehead atoms. The molecular weight excluding hydrogens is 418 g/mol. The molecule has 176 valence electrons. The van der Waals surface area contributed by atoms with Crippen molar-refractivity contribution in [1.29, 1.82) is 0 Å². The van der Waals surface area contributed by atoms with Gasteiger partial charge in [-0.3, -0.25) is 9.63 Å². The van der Waals surface area contributed by atoms with E-state index in [9.17, 15) is 14.4 Å². The first-order valence-electron chi connectivity index (χ1n) is 10.0. The van der Waals surface area contributed by atoms with Crippen LogP contribution in [-0.4, -0.2) is 59.3 Å².